The zero-order valence-electron chi connectivity index (χ0n) is 7.68. The summed E-state index contributed by atoms with van der Waals surface area (Å²) in [5.41, 5.74) is 0. The van der Waals surface area contributed by atoms with E-state index >= 15 is 0 Å². The minimum atomic E-state index is -3.74. The Morgan fingerprint density at radius 1 is 1.53 bits per heavy atom. The van der Waals surface area contributed by atoms with Crippen LogP contribution in [0, 0.1) is 3.70 Å². The van der Waals surface area contributed by atoms with Crippen molar-refractivity contribution in [2.24, 2.45) is 5.14 Å². The number of nitrogens with zero attached hydrogens (tertiary/aromatic N) is 1. The van der Waals surface area contributed by atoms with Crippen molar-refractivity contribution in [1.29, 1.82) is 0 Å². The molecule has 1 aliphatic carbocycles. The van der Waals surface area contributed by atoms with Crippen molar-refractivity contribution in [2.45, 2.75) is 23.8 Å². The van der Waals surface area contributed by atoms with Crippen LogP contribution < -0.4 is 9.88 Å². The summed E-state index contributed by atoms with van der Waals surface area (Å²) >= 11 is 1.93. The number of halogens is 1. The standard InChI is InChI=1S/C8H9IN2O3S/c9-8-7(14-5-1-2-5)6(3-4-11-8)15(10,12)13/h3-5H,1-2H2,(H2,10,12,13). The van der Waals surface area contributed by atoms with Gasteiger partial charge in [-0.1, -0.05) is 0 Å². The van der Waals surface area contributed by atoms with Crippen molar-refractivity contribution in [3.8, 4) is 5.75 Å². The molecule has 0 amide bonds. The molecule has 1 aromatic rings. The maximum absolute atomic E-state index is 11.3. The first-order valence-electron chi connectivity index (χ1n) is 4.32. The van der Waals surface area contributed by atoms with E-state index in [2.05, 4.69) is 4.98 Å². The summed E-state index contributed by atoms with van der Waals surface area (Å²) in [6.45, 7) is 0. The molecular weight excluding hydrogens is 331 g/mol. The number of rotatable bonds is 3. The van der Waals surface area contributed by atoms with Crippen molar-refractivity contribution in [3.05, 3.63) is 16.0 Å². The Morgan fingerprint density at radius 3 is 2.73 bits per heavy atom. The quantitative estimate of drug-likeness (QED) is 0.654. The lowest BCUT2D eigenvalue weighted by molar-refractivity contribution is 0.291. The third kappa shape index (κ3) is 2.58. The Labute approximate surface area is 101 Å². The molecule has 5 nitrogen and oxygen atoms in total. The van der Waals surface area contributed by atoms with Gasteiger partial charge in [0.05, 0.1) is 6.10 Å². The summed E-state index contributed by atoms with van der Waals surface area (Å²) in [5.74, 6) is 0.281. The normalized spacial score (nSPS) is 16.4. The molecule has 1 heterocycles. The highest BCUT2D eigenvalue weighted by atomic mass is 127. The van der Waals surface area contributed by atoms with Gasteiger partial charge in [-0.2, -0.15) is 0 Å². The van der Waals surface area contributed by atoms with E-state index in [0.717, 1.165) is 12.8 Å². The Morgan fingerprint density at radius 2 is 2.20 bits per heavy atom. The van der Waals surface area contributed by atoms with Crippen LogP contribution in [0.2, 0.25) is 0 Å². The first-order chi connectivity index (χ1) is 6.98. The van der Waals surface area contributed by atoms with E-state index in [-0.39, 0.29) is 16.7 Å². The van der Waals surface area contributed by atoms with Crippen LogP contribution in [0.3, 0.4) is 0 Å². The second-order valence-electron chi connectivity index (χ2n) is 3.29. The van der Waals surface area contributed by atoms with Gasteiger partial charge in [0.2, 0.25) is 10.0 Å². The van der Waals surface area contributed by atoms with Gasteiger partial charge in [-0.3, -0.25) is 0 Å². The van der Waals surface area contributed by atoms with E-state index < -0.39 is 10.0 Å². The number of pyridine rings is 1. The molecule has 2 rings (SSSR count). The highest BCUT2D eigenvalue weighted by molar-refractivity contribution is 14.1. The average molecular weight is 340 g/mol. The van der Waals surface area contributed by atoms with Crippen molar-refractivity contribution >= 4 is 32.6 Å². The van der Waals surface area contributed by atoms with Crippen molar-refractivity contribution in [3.63, 3.8) is 0 Å². The molecule has 82 valence electrons. The SMILES string of the molecule is NS(=O)(=O)c1ccnc(I)c1OC1CC1. The topological polar surface area (TPSA) is 82.3 Å². The van der Waals surface area contributed by atoms with Crippen LogP contribution in [0.1, 0.15) is 12.8 Å². The maximum Gasteiger partial charge on any atom is 0.241 e. The second-order valence-corrected chi connectivity index (χ2v) is 5.84. The molecule has 1 saturated carbocycles. The van der Waals surface area contributed by atoms with Crippen LogP contribution in [-0.2, 0) is 10.0 Å². The first kappa shape index (κ1) is 11.1. The lowest BCUT2D eigenvalue weighted by atomic mass is 10.4. The van der Waals surface area contributed by atoms with Gasteiger partial charge >= 0.3 is 0 Å². The number of primary sulfonamides is 1. The van der Waals surface area contributed by atoms with Crippen LogP contribution in [0.15, 0.2) is 17.2 Å². The van der Waals surface area contributed by atoms with Crippen LogP contribution >= 0.6 is 22.6 Å². The number of ether oxygens (including phenoxy) is 1. The van der Waals surface area contributed by atoms with Gasteiger partial charge in [-0.05, 0) is 41.5 Å². The fourth-order valence-corrected chi connectivity index (χ4v) is 2.50. The average Bonchev–Trinajstić information content (AvgIpc) is 2.90. The fraction of sp³-hybridized carbons (Fsp3) is 0.375. The number of hydrogen-bond donors (Lipinski definition) is 1. The summed E-state index contributed by atoms with van der Waals surface area (Å²) in [7, 11) is -3.74. The lowest BCUT2D eigenvalue weighted by Crippen LogP contribution is -2.15. The monoisotopic (exact) mass is 340 g/mol. The van der Waals surface area contributed by atoms with Crippen LogP contribution in [-0.4, -0.2) is 19.5 Å². The van der Waals surface area contributed by atoms with Crippen molar-refractivity contribution < 1.29 is 13.2 Å². The van der Waals surface area contributed by atoms with E-state index in [9.17, 15) is 8.42 Å². The van der Waals surface area contributed by atoms with Crippen LogP contribution in [0.25, 0.3) is 0 Å². The van der Waals surface area contributed by atoms with E-state index in [4.69, 9.17) is 9.88 Å². The molecule has 2 N–H and O–H groups in total. The molecule has 0 aromatic carbocycles. The fourth-order valence-electron chi connectivity index (χ4n) is 1.09. The molecule has 0 spiro atoms. The predicted octanol–water partition coefficient (Wildman–Crippen LogP) is 0.875. The summed E-state index contributed by atoms with van der Waals surface area (Å²) in [4.78, 5) is 3.98. The number of sulfonamides is 1. The smallest absolute Gasteiger partial charge is 0.241 e. The molecule has 0 unspecified atom stereocenters. The third-order valence-electron chi connectivity index (χ3n) is 1.94. The molecule has 0 saturated heterocycles. The highest BCUT2D eigenvalue weighted by Crippen LogP contribution is 2.33. The molecule has 15 heavy (non-hydrogen) atoms. The third-order valence-corrected chi connectivity index (χ3v) is 3.64. The largest absolute Gasteiger partial charge is 0.486 e. The van der Waals surface area contributed by atoms with E-state index in [0.29, 0.717) is 3.70 Å². The molecule has 1 aromatic heterocycles. The summed E-state index contributed by atoms with van der Waals surface area (Å²) in [6.07, 6.45) is 3.42. The number of aromatic nitrogens is 1. The summed E-state index contributed by atoms with van der Waals surface area (Å²) in [5, 5.41) is 5.08. The second kappa shape index (κ2) is 3.87. The first-order valence-corrected chi connectivity index (χ1v) is 6.95. The van der Waals surface area contributed by atoms with E-state index in [1.807, 2.05) is 22.6 Å². The zero-order chi connectivity index (χ0) is 11.1. The number of hydrogen-bond acceptors (Lipinski definition) is 4. The predicted molar refractivity (Wildman–Crippen MR) is 62.0 cm³/mol. The Kier molecular flexibility index (Phi) is 2.86. The maximum atomic E-state index is 11.3. The van der Waals surface area contributed by atoms with E-state index in [1.165, 1.54) is 12.3 Å². The van der Waals surface area contributed by atoms with Crippen LogP contribution in [0.5, 0.6) is 5.75 Å². The summed E-state index contributed by atoms with van der Waals surface area (Å²) < 4.78 is 28.6. The Hall–Kier alpha value is -0.410. The Balaban J connectivity index is 2.47. The van der Waals surface area contributed by atoms with Gasteiger partial charge in [0.15, 0.2) is 5.75 Å². The van der Waals surface area contributed by atoms with Gasteiger partial charge in [-0.25, -0.2) is 18.5 Å². The van der Waals surface area contributed by atoms with Gasteiger partial charge in [-0.15, -0.1) is 0 Å². The molecule has 7 heteroatoms. The van der Waals surface area contributed by atoms with Gasteiger partial charge in [0, 0.05) is 6.20 Å². The molecular formula is C8H9IN2O3S. The van der Waals surface area contributed by atoms with E-state index in [1.54, 1.807) is 0 Å². The minimum Gasteiger partial charge on any atom is -0.486 e. The van der Waals surface area contributed by atoms with Crippen molar-refractivity contribution in [1.82, 2.24) is 4.98 Å². The highest BCUT2D eigenvalue weighted by Gasteiger charge is 2.28. The molecule has 0 radical (unpaired) electrons. The zero-order valence-corrected chi connectivity index (χ0v) is 10.7. The molecule has 0 atom stereocenters. The van der Waals surface area contributed by atoms with Gasteiger partial charge < -0.3 is 4.74 Å². The Bertz CT molecular complexity index is 485. The molecule has 1 fully saturated rings. The van der Waals surface area contributed by atoms with Crippen LogP contribution in [0.4, 0.5) is 0 Å². The molecule has 1 aliphatic rings. The molecule has 0 bridgehead atoms. The lowest BCUT2D eigenvalue weighted by Gasteiger charge is -2.09. The minimum absolute atomic E-state index is 0.00815. The number of nitrogens with two attached hydrogens (primary N) is 1. The van der Waals surface area contributed by atoms with Crippen molar-refractivity contribution in [2.75, 3.05) is 0 Å². The molecule has 0 aliphatic heterocycles. The summed E-state index contributed by atoms with van der Waals surface area (Å²) in [6, 6.07) is 1.36. The van der Waals surface area contributed by atoms with Gasteiger partial charge in [0.1, 0.15) is 8.60 Å². The van der Waals surface area contributed by atoms with Gasteiger partial charge in [0.25, 0.3) is 0 Å².